The number of methoxy groups -OCH3 is 2. The van der Waals surface area contributed by atoms with Crippen LogP contribution in [0.5, 0.6) is 11.5 Å². The van der Waals surface area contributed by atoms with Crippen LogP contribution in [0.15, 0.2) is 12.1 Å². The Morgan fingerprint density at radius 1 is 1.24 bits per heavy atom. The summed E-state index contributed by atoms with van der Waals surface area (Å²) in [5.41, 5.74) is 2.41. The van der Waals surface area contributed by atoms with Crippen molar-refractivity contribution in [3.8, 4) is 11.5 Å². The van der Waals surface area contributed by atoms with Gasteiger partial charge < -0.3 is 19.9 Å². The van der Waals surface area contributed by atoms with E-state index in [1.54, 1.807) is 14.2 Å². The zero-order chi connectivity index (χ0) is 15.4. The third kappa shape index (κ3) is 3.89. The van der Waals surface area contributed by atoms with E-state index >= 15 is 0 Å². The Balaban J connectivity index is 2.15. The number of hydrogen-bond acceptors (Lipinski definition) is 4. The number of aliphatic hydroxyl groups is 1. The van der Waals surface area contributed by atoms with Crippen LogP contribution in [-0.2, 0) is 0 Å². The fourth-order valence-corrected chi connectivity index (χ4v) is 2.97. The zero-order valence-electron chi connectivity index (χ0n) is 13.5. The molecule has 2 unspecified atom stereocenters. The van der Waals surface area contributed by atoms with Crippen LogP contribution in [0.1, 0.15) is 43.4 Å². The molecule has 21 heavy (non-hydrogen) atoms. The highest BCUT2D eigenvalue weighted by Gasteiger charge is 2.31. The summed E-state index contributed by atoms with van der Waals surface area (Å²) in [6.45, 7) is 4.50. The largest absolute Gasteiger partial charge is 0.493 e. The molecule has 4 heteroatoms. The second-order valence-corrected chi connectivity index (χ2v) is 5.91. The number of rotatable bonds is 8. The summed E-state index contributed by atoms with van der Waals surface area (Å²) in [7, 11) is 3.32. The Kier molecular flexibility index (Phi) is 5.48. The fraction of sp³-hybridized carbons (Fsp3) is 0.647. The maximum atomic E-state index is 9.23. The van der Waals surface area contributed by atoms with Crippen molar-refractivity contribution in [3.05, 3.63) is 23.3 Å². The average Bonchev–Trinajstić information content (AvgIpc) is 3.30. The van der Waals surface area contributed by atoms with Gasteiger partial charge >= 0.3 is 0 Å². The molecule has 0 aromatic heterocycles. The predicted molar refractivity (Wildman–Crippen MR) is 84.0 cm³/mol. The van der Waals surface area contributed by atoms with Gasteiger partial charge in [0.25, 0.3) is 0 Å². The van der Waals surface area contributed by atoms with Crippen LogP contribution < -0.4 is 14.8 Å². The van der Waals surface area contributed by atoms with Crippen LogP contribution in [0.3, 0.4) is 0 Å². The summed E-state index contributed by atoms with van der Waals surface area (Å²) in [5, 5.41) is 12.9. The standard InChI is InChI=1S/C17H27NO3/c1-11-9-16(20-3)17(21-4)10-14(11)12(2)18-15(7-8-19)13-5-6-13/h9-10,12-13,15,18-19H,5-8H2,1-4H3. The second kappa shape index (κ2) is 7.14. The quantitative estimate of drug-likeness (QED) is 0.774. The number of nitrogens with one attached hydrogen (secondary N) is 1. The van der Waals surface area contributed by atoms with Gasteiger partial charge in [-0.2, -0.15) is 0 Å². The molecule has 2 rings (SSSR count). The molecule has 2 atom stereocenters. The molecule has 0 heterocycles. The first-order chi connectivity index (χ1) is 10.1. The first-order valence-corrected chi connectivity index (χ1v) is 7.70. The number of hydrogen-bond donors (Lipinski definition) is 2. The van der Waals surface area contributed by atoms with Crippen LogP contribution in [0.25, 0.3) is 0 Å². The van der Waals surface area contributed by atoms with Crippen LogP contribution in [0.2, 0.25) is 0 Å². The van der Waals surface area contributed by atoms with Crippen molar-refractivity contribution in [2.45, 2.75) is 45.2 Å². The van der Waals surface area contributed by atoms with Gasteiger partial charge in [-0.15, -0.1) is 0 Å². The molecule has 0 spiro atoms. The summed E-state index contributed by atoms with van der Waals surface area (Å²) in [5.74, 6) is 2.25. The molecule has 2 N–H and O–H groups in total. The first-order valence-electron chi connectivity index (χ1n) is 7.70. The van der Waals surface area contributed by atoms with Crippen molar-refractivity contribution >= 4 is 0 Å². The van der Waals surface area contributed by atoms with Crippen molar-refractivity contribution in [3.63, 3.8) is 0 Å². The zero-order valence-corrected chi connectivity index (χ0v) is 13.5. The van der Waals surface area contributed by atoms with Crippen molar-refractivity contribution in [2.75, 3.05) is 20.8 Å². The lowest BCUT2D eigenvalue weighted by Gasteiger charge is -2.25. The maximum Gasteiger partial charge on any atom is 0.161 e. The molecule has 0 saturated heterocycles. The predicted octanol–water partition coefficient (Wildman–Crippen LogP) is 2.82. The third-order valence-corrected chi connectivity index (χ3v) is 4.33. The Bertz CT molecular complexity index is 471. The van der Waals surface area contributed by atoms with Gasteiger partial charge in [0.2, 0.25) is 0 Å². The summed E-state index contributed by atoms with van der Waals surface area (Å²) in [4.78, 5) is 0. The van der Waals surface area contributed by atoms with E-state index in [1.165, 1.54) is 24.0 Å². The molecule has 0 aliphatic heterocycles. The monoisotopic (exact) mass is 293 g/mol. The van der Waals surface area contributed by atoms with Crippen molar-refractivity contribution < 1.29 is 14.6 Å². The van der Waals surface area contributed by atoms with Crippen LogP contribution in [0.4, 0.5) is 0 Å². The number of aliphatic hydroxyl groups excluding tert-OH is 1. The Labute approximate surface area is 127 Å². The van der Waals surface area contributed by atoms with Gasteiger partial charge in [-0.25, -0.2) is 0 Å². The van der Waals surface area contributed by atoms with Gasteiger partial charge in [0.15, 0.2) is 11.5 Å². The SMILES string of the molecule is COc1cc(C)c(C(C)NC(CCO)C2CC2)cc1OC. The van der Waals surface area contributed by atoms with E-state index < -0.39 is 0 Å². The maximum absolute atomic E-state index is 9.23. The molecule has 1 aromatic rings. The molecule has 1 saturated carbocycles. The van der Waals surface area contributed by atoms with Crippen LogP contribution in [0, 0.1) is 12.8 Å². The molecule has 1 aliphatic carbocycles. The molecule has 0 amide bonds. The van der Waals surface area contributed by atoms with Gasteiger partial charge in [0.05, 0.1) is 14.2 Å². The fourth-order valence-electron chi connectivity index (χ4n) is 2.97. The van der Waals surface area contributed by atoms with E-state index in [0.29, 0.717) is 6.04 Å². The normalized spacial score (nSPS) is 17.4. The van der Waals surface area contributed by atoms with Gasteiger partial charge in [0, 0.05) is 18.7 Å². The smallest absolute Gasteiger partial charge is 0.161 e. The first kappa shape index (κ1) is 16.1. The van der Waals surface area contributed by atoms with E-state index in [9.17, 15) is 5.11 Å². The molecule has 0 bridgehead atoms. The molecular weight excluding hydrogens is 266 g/mol. The van der Waals surface area contributed by atoms with E-state index in [0.717, 1.165) is 23.8 Å². The molecular formula is C17H27NO3. The Morgan fingerprint density at radius 2 is 1.86 bits per heavy atom. The van der Waals surface area contributed by atoms with Crippen molar-refractivity contribution in [1.29, 1.82) is 0 Å². The van der Waals surface area contributed by atoms with E-state index in [-0.39, 0.29) is 12.6 Å². The molecule has 1 fully saturated rings. The van der Waals surface area contributed by atoms with E-state index in [1.807, 2.05) is 6.07 Å². The minimum atomic E-state index is 0.224. The van der Waals surface area contributed by atoms with Crippen LogP contribution in [-0.4, -0.2) is 32.0 Å². The lowest BCUT2D eigenvalue weighted by molar-refractivity contribution is 0.250. The molecule has 118 valence electrons. The molecule has 4 nitrogen and oxygen atoms in total. The summed E-state index contributed by atoms with van der Waals surface area (Å²) in [6, 6.07) is 4.69. The van der Waals surface area contributed by atoms with Crippen molar-refractivity contribution in [2.24, 2.45) is 5.92 Å². The molecule has 1 aromatic carbocycles. The van der Waals surface area contributed by atoms with Crippen LogP contribution >= 0.6 is 0 Å². The third-order valence-electron chi connectivity index (χ3n) is 4.33. The lowest BCUT2D eigenvalue weighted by Crippen LogP contribution is -2.34. The summed E-state index contributed by atoms with van der Waals surface area (Å²) in [6.07, 6.45) is 3.37. The Morgan fingerprint density at radius 3 is 2.38 bits per heavy atom. The second-order valence-electron chi connectivity index (χ2n) is 5.91. The minimum Gasteiger partial charge on any atom is -0.493 e. The number of ether oxygens (including phenoxy) is 2. The average molecular weight is 293 g/mol. The van der Waals surface area contributed by atoms with Crippen molar-refractivity contribution in [1.82, 2.24) is 5.32 Å². The van der Waals surface area contributed by atoms with E-state index in [2.05, 4.69) is 25.2 Å². The summed E-state index contributed by atoms with van der Waals surface area (Å²) >= 11 is 0. The molecule has 1 aliphatic rings. The van der Waals surface area contributed by atoms with Gasteiger partial charge in [-0.1, -0.05) is 0 Å². The lowest BCUT2D eigenvalue weighted by atomic mass is 9.99. The van der Waals surface area contributed by atoms with Gasteiger partial charge in [-0.3, -0.25) is 0 Å². The van der Waals surface area contributed by atoms with Gasteiger partial charge in [-0.05, 0) is 62.3 Å². The molecule has 0 radical (unpaired) electrons. The van der Waals surface area contributed by atoms with Gasteiger partial charge in [0.1, 0.15) is 0 Å². The highest BCUT2D eigenvalue weighted by molar-refractivity contribution is 5.48. The Hall–Kier alpha value is -1.26. The minimum absolute atomic E-state index is 0.224. The van der Waals surface area contributed by atoms with E-state index in [4.69, 9.17) is 9.47 Å². The topological polar surface area (TPSA) is 50.7 Å². The highest BCUT2D eigenvalue weighted by atomic mass is 16.5. The summed E-state index contributed by atoms with van der Waals surface area (Å²) < 4.78 is 10.7. The highest BCUT2D eigenvalue weighted by Crippen LogP contribution is 2.37. The number of benzene rings is 1. The number of aryl methyl sites for hydroxylation is 1.